The molecule has 3 amide bonds. The molecule has 0 aromatic heterocycles. The van der Waals surface area contributed by atoms with Gasteiger partial charge in [-0.1, -0.05) is 30.3 Å². The van der Waals surface area contributed by atoms with E-state index in [1.165, 1.54) is 11.1 Å². The second kappa shape index (κ2) is 8.33. The summed E-state index contributed by atoms with van der Waals surface area (Å²) in [5.74, 6) is -0.0409. The minimum Gasteiger partial charge on any atom is -0.359 e. The highest BCUT2D eigenvalue weighted by molar-refractivity contribution is 5.89. The summed E-state index contributed by atoms with van der Waals surface area (Å²) in [6, 6.07) is 13.0. The van der Waals surface area contributed by atoms with Crippen molar-refractivity contribution in [2.24, 2.45) is 0 Å². The normalized spacial score (nSPS) is 11.5. The van der Waals surface area contributed by atoms with Crippen molar-refractivity contribution in [3.8, 4) is 0 Å². The average Bonchev–Trinajstić information content (AvgIpc) is 2.58. The third-order valence-corrected chi connectivity index (χ3v) is 4.32. The number of likely N-dealkylation sites (N-methyl/N-ethyl adjacent to an activating group) is 1. The van der Waals surface area contributed by atoms with Crippen molar-refractivity contribution < 1.29 is 9.59 Å². The van der Waals surface area contributed by atoms with Gasteiger partial charge in [0.2, 0.25) is 5.91 Å². The van der Waals surface area contributed by atoms with E-state index >= 15 is 0 Å². The van der Waals surface area contributed by atoms with Crippen LogP contribution in [0.25, 0.3) is 0 Å². The molecule has 5 nitrogen and oxygen atoms in total. The van der Waals surface area contributed by atoms with E-state index in [0.29, 0.717) is 12.1 Å². The van der Waals surface area contributed by atoms with Crippen LogP contribution in [-0.2, 0) is 11.2 Å². The first-order chi connectivity index (χ1) is 11.9. The fourth-order valence-electron chi connectivity index (χ4n) is 2.66. The molecule has 1 atom stereocenters. The molecule has 2 aromatic carbocycles. The largest absolute Gasteiger partial charge is 0.359 e. The molecule has 0 aliphatic rings. The molecule has 1 unspecified atom stereocenters. The fourth-order valence-corrected chi connectivity index (χ4v) is 2.66. The first-order valence-corrected chi connectivity index (χ1v) is 8.34. The Morgan fingerprint density at radius 1 is 1.04 bits per heavy atom. The molecule has 2 rings (SSSR count). The zero-order valence-corrected chi connectivity index (χ0v) is 15.1. The van der Waals surface area contributed by atoms with Gasteiger partial charge >= 0.3 is 6.03 Å². The summed E-state index contributed by atoms with van der Waals surface area (Å²) >= 11 is 0. The number of carbonyl (C=O) groups is 2. The molecule has 0 fully saturated rings. The SMILES string of the molecule is CNC(=O)Cc1ccc(NC(=O)NC(C)c2cccc(C)c2C)cc1. The molecule has 0 saturated carbocycles. The molecule has 5 heteroatoms. The highest BCUT2D eigenvalue weighted by Crippen LogP contribution is 2.20. The van der Waals surface area contributed by atoms with Gasteiger partial charge in [-0.2, -0.15) is 0 Å². The molecule has 25 heavy (non-hydrogen) atoms. The predicted molar refractivity (Wildman–Crippen MR) is 101 cm³/mol. The predicted octanol–water partition coefficient (Wildman–Crippen LogP) is 3.47. The second-order valence-electron chi connectivity index (χ2n) is 6.16. The van der Waals surface area contributed by atoms with Gasteiger partial charge in [0.1, 0.15) is 0 Å². The Labute approximate surface area is 148 Å². The minimum atomic E-state index is -0.257. The molecule has 0 aliphatic heterocycles. The van der Waals surface area contributed by atoms with Gasteiger partial charge < -0.3 is 16.0 Å². The highest BCUT2D eigenvalue weighted by atomic mass is 16.2. The Kier molecular flexibility index (Phi) is 6.17. The summed E-state index contributed by atoms with van der Waals surface area (Å²) in [6.07, 6.45) is 0.326. The molecular weight excluding hydrogens is 314 g/mol. The monoisotopic (exact) mass is 339 g/mol. The van der Waals surface area contributed by atoms with Crippen LogP contribution in [-0.4, -0.2) is 19.0 Å². The zero-order chi connectivity index (χ0) is 18.4. The van der Waals surface area contributed by atoms with Gasteiger partial charge in [0.25, 0.3) is 0 Å². The Morgan fingerprint density at radius 2 is 1.72 bits per heavy atom. The quantitative estimate of drug-likeness (QED) is 0.780. The van der Waals surface area contributed by atoms with Crippen LogP contribution in [0, 0.1) is 13.8 Å². The van der Waals surface area contributed by atoms with E-state index in [0.717, 1.165) is 11.1 Å². The molecule has 0 bridgehead atoms. The van der Waals surface area contributed by atoms with E-state index in [4.69, 9.17) is 0 Å². The Bertz CT molecular complexity index is 754. The van der Waals surface area contributed by atoms with Crippen molar-refractivity contribution in [1.82, 2.24) is 10.6 Å². The first kappa shape index (κ1) is 18.5. The number of carbonyl (C=O) groups excluding carboxylic acids is 2. The van der Waals surface area contributed by atoms with Crippen LogP contribution >= 0.6 is 0 Å². The summed E-state index contributed by atoms with van der Waals surface area (Å²) < 4.78 is 0. The maximum Gasteiger partial charge on any atom is 0.319 e. The molecule has 0 radical (unpaired) electrons. The number of hydrogen-bond acceptors (Lipinski definition) is 2. The van der Waals surface area contributed by atoms with Gasteiger partial charge in [-0.15, -0.1) is 0 Å². The van der Waals surface area contributed by atoms with Crippen molar-refractivity contribution in [1.29, 1.82) is 0 Å². The first-order valence-electron chi connectivity index (χ1n) is 8.34. The third-order valence-electron chi connectivity index (χ3n) is 4.32. The summed E-state index contributed by atoms with van der Waals surface area (Å²) in [5, 5.41) is 8.36. The molecule has 2 aromatic rings. The Morgan fingerprint density at radius 3 is 2.36 bits per heavy atom. The number of benzene rings is 2. The lowest BCUT2D eigenvalue weighted by Crippen LogP contribution is -2.31. The highest BCUT2D eigenvalue weighted by Gasteiger charge is 2.12. The van der Waals surface area contributed by atoms with E-state index in [1.54, 1.807) is 19.2 Å². The van der Waals surface area contributed by atoms with Crippen LogP contribution < -0.4 is 16.0 Å². The van der Waals surface area contributed by atoms with Crippen LogP contribution in [0.5, 0.6) is 0 Å². The number of amides is 3. The fraction of sp³-hybridized carbons (Fsp3) is 0.300. The number of urea groups is 1. The molecule has 0 spiro atoms. The lowest BCUT2D eigenvalue weighted by atomic mass is 9.98. The molecular formula is C20H25N3O2. The van der Waals surface area contributed by atoms with Crippen molar-refractivity contribution in [3.05, 3.63) is 64.7 Å². The van der Waals surface area contributed by atoms with Gasteiger partial charge in [0, 0.05) is 12.7 Å². The molecule has 3 N–H and O–H groups in total. The summed E-state index contributed by atoms with van der Waals surface area (Å²) in [5.41, 5.74) is 5.09. The standard InChI is InChI=1S/C20H25N3O2/c1-13-6-5-7-18(14(13)2)15(3)22-20(25)23-17-10-8-16(9-11-17)12-19(24)21-4/h5-11,15H,12H2,1-4H3,(H,21,24)(H2,22,23,25). The van der Waals surface area contributed by atoms with Gasteiger partial charge in [-0.05, 0) is 55.2 Å². The number of rotatable bonds is 5. The van der Waals surface area contributed by atoms with E-state index in [9.17, 15) is 9.59 Å². The van der Waals surface area contributed by atoms with Crippen molar-refractivity contribution in [2.75, 3.05) is 12.4 Å². The van der Waals surface area contributed by atoms with E-state index in [-0.39, 0.29) is 18.0 Å². The summed E-state index contributed by atoms with van der Waals surface area (Å²) in [7, 11) is 1.61. The molecule has 0 aliphatic carbocycles. The molecule has 0 heterocycles. The van der Waals surface area contributed by atoms with Crippen molar-refractivity contribution >= 4 is 17.6 Å². The van der Waals surface area contributed by atoms with E-state index < -0.39 is 0 Å². The summed E-state index contributed by atoms with van der Waals surface area (Å²) in [6.45, 7) is 6.09. The number of anilines is 1. The lowest BCUT2D eigenvalue weighted by Gasteiger charge is -2.18. The van der Waals surface area contributed by atoms with E-state index in [2.05, 4.69) is 35.9 Å². The topological polar surface area (TPSA) is 70.2 Å². The van der Waals surface area contributed by atoms with Crippen molar-refractivity contribution in [2.45, 2.75) is 33.2 Å². The van der Waals surface area contributed by atoms with Gasteiger partial charge in [-0.25, -0.2) is 4.79 Å². The number of aryl methyl sites for hydroxylation is 1. The summed E-state index contributed by atoms with van der Waals surface area (Å²) in [4.78, 5) is 23.6. The second-order valence-corrected chi connectivity index (χ2v) is 6.16. The minimum absolute atomic E-state index is 0.0409. The number of hydrogen-bond donors (Lipinski definition) is 3. The smallest absolute Gasteiger partial charge is 0.319 e. The Hall–Kier alpha value is -2.82. The van der Waals surface area contributed by atoms with Crippen molar-refractivity contribution in [3.63, 3.8) is 0 Å². The van der Waals surface area contributed by atoms with Crippen LogP contribution in [0.2, 0.25) is 0 Å². The maximum absolute atomic E-state index is 12.2. The average molecular weight is 339 g/mol. The van der Waals surface area contributed by atoms with Gasteiger partial charge in [-0.3, -0.25) is 4.79 Å². The van der Waals surface area contributed by atoms with Gasteiger partial charge in [0.15, 0.2) is 0 Å². The molecule has 132 valence electrons. The molecule has 0 saturated heterocycles. The van der Waals surface area contributed by atoms with Gasteiger partial charge in [0.05, 0.1) is 12.5 Å². The third kappa shape index (κ3) is 5.08. The van der Waals surface area contributed by atoms with Crippen LogP contribution in [0.15, 0.2) is 42.5 Å². The van der Waals surface area contributed by atoms with E-state index in [1.807, 2.05) is 31.2 Å². The van der Waals surface area contributed by atoms with Crippen LogP contribution in [0.1, 0.15) is 35.2 Å². The Balaban J connectivity index is 1.95. The number of nitrogens with one attached hydrogen (secondary N) is 3. The van der Waals surface area contributed by atoms with Crippen LogP contribution in [0.4, 0.5) is 10.5 Å². The maximum atomic E-state index is 12.2. The lowest BCUT2D eigenvalue weighted by molar-refractivity contribution is -0.119. The van der Waals surface area contributed by atoms with Crippen LogP contribution in [0.3, 0.4) is 0 Å². The zero-order valence-electron chi connectivity index (χ0n) is 15.1.